The van der Waals surface area contributed by atoms with Crippen molar-refractivity contribution in [1.29, 1.82) is 0 Å². The van der Waals surface area contributed by atoms with E-state index in [2.05, 4.69) is 33.4 Å². The molecular weight excluding hydrogens is 330 g/mol. The van der Waals surface area contributed by atoms with E-state index in [4.69, 9.17) is 4.74 Å². The van der Waals surface area contributed by atoms with E-state index in [1.165, 1.54) is 11.1 Å². The maximum absolute atomic E-state index is 11.2. The Morgan fingerprint density at radius 3 is 2.76 bits per heavy atom. The summed E-state index contributed by atoms with van der Waals surface area (Å²) in [4.78, 5) is 11.2. The minimum absolute atomic E-state index is 0.131. The van der Waals surface area contributed by atoms with Gasteiger partial charge in [0.1, 0.15) is 5.75 Å². The number of rotatable bonds is 5. The molecule has 0 aliphatic heterocycles. The van der Waals surface area contributed by atoms with Gasteiger partial charge in [-0.25, -0.2) is 0 Å². The number of hydrogen-bond donors (Lipinski definition) is 1. The Bertz CT molecular complexity index is 474. The molecule has 0 heterocycles. The first kappa shape index (κ1) is 18.0. The zero-order valence-electron chi connectivity index (χ0n) is 13.5. The molecule has 1 N–H and O–H groups in total. The summed E-state index contributed by atoms with van der Waals surface area (Å²) in [7, 11) is 1.69. The number of carbonyl (C=O) groups is 1. The zero-order chi connectivity index (χ0) is 15.8. The Balaban J connectivity index is 0.00000106. The van der Waals surface area contributed by atoms with Crippen molar-refractivity contribution in [2.75, 3.05) is 13.7 Å². The maximum Gasteiger partial charge on any atom is 0.219 e. The smallest absolute Gasteiger partial charge is 0.219 e. The number of aryl methyl sites for hydroxylation is 1. The van der Waals surface area contributed by atoms with E-state index in [9.17, 15) is 4.79 Å². The average Bonchev–Trinajstić information content (AvgIpc) is 2.90. The Hall–Kier alpha value is -1.03. The lowest BCUT2D eigenvalue weighted by Gasteiger charge is -2.14. The number of fused-ring (bicyclic) bond motifs is 1. The summed E-state index contributed by atoms with van der Waals surface area (Å²) in [6, 6.07) is 4.30. The van der Waals surface area contributed by atoms with Crippen molar-refractivity contribution in [2.45, 2.75) is 52.4 Å². The minimum Gasteiger partial charge on any atom is -0.496 e. The second-order valence-corrected chi connectivity index (χ2v) is 5.77. The average molecular weight is 356 g/mol. The second-order valence-electron chi connectivity index (χ2n) is 4.91. The van der Waals surface area contributed by atoms with Crippen LogP contribution in [-0.2, 0) is 11.2 Å². The third-order valence-corrected chi connectivity index (χ3v) is 4.37. The molecule has 1 aromatic rings. The first-order chi connectivity index (χ1) is 10.2. The van der Waals surface area contributed by atoms with E-state index in [-0.39, 0.29) is 5.91 Å². The topological polar surface area (TPSA) is 38.3 Å². The van der Waals surface area contributed by atoms with Gasteiger partial charge in [-0.3, -0.25) is 4.79 Å². The molecule has 2 rings (SSSR count). The van der Waals surface area contributed by atoms with Crippen molar-refractivity contribution in [1.82, 2.24) is 5.32 Å². The Morgan fingerprint density at radius 2 is 2.14 bits per heavy atom. The molecule has 1 amide bonds. The summed E-state index contributed by atoms with van der Waals surface area (Å²) < 4.78 is 6.38. The molecule has 0 unspecified atom stereocenters. The number of carbonyl (C=O) groups excluding carboxylic acids is 1. The van der Waals surface area contributed by atoms with Crippen LogP contribution in [0.2, 0.25) is 0 Å². The zero-order valence-corrected chi connectivity index (χ0v) is 15.0. The first-order valence-corrected chi connectivity index (χ1v) is 8.58. The molecule has 1 atom stereocenters. The Labute approximate surface area is 136 Å². The summed E-state index contributed by atoms with van der Waals surface area (Å²) >= 11 is 3.53. The molecular formula is C17H26BrNO2. The number of nitrogens with one attached hydrogen (secondary N) is 1. The van der Waals surface area contributed by atoms with Crippen molar-refractivity contribution < 1.29 is 9.53 Å². The van der Waals surface area contributed by atoms with Crippen LogP contribution in [0.25, 0.3) is 0 Å². The van der Waals surface area contributed by atoms with E-state index >= 15 is 0 Å². The van der Waals surface area contributed by atoms with Crippen LogP contribution in [0.5, 0.6) is 5.75 Å². The summed E-state index contributed by atoms with van der Waals surface area (Å²) in [5.41, 5.74) is 2.78. The van der Waals surface area contributed by atoms with Crippen LogP contribution in [0.1, 0.15) is 57.1 Å². The second kappa shape index (κ2) is 9.08. The summed E-state index contributed by atoms with van der Waals surface area (Å²) in [5.74, 6) is 1.56. The van der Waals surface area contributed by atoms with Gasteiger partial charge in [-0.05, 0) is 64.4 Å². The monoisotopic (exact) mass is 355 g/mol. The van der Waals surface area contributed by atoms with Crippen LogP contribution in [0.3, 0.4) is 0 Å². The van der Waals surface area contributed by atoms with E-state index in [0.717, 1.165) is 36.0 Å². The highest BCUT2D eigenvalue weighted by Gasteiger charge is 2.24. The molecule has 1 aliphatic carbocycles. The third kappa shape index (κ3) is 4.73. The lowest BCUT2D eigenvalue weighted by atomic mass is 9.97. The SMILES string of the molecule is CC.CCC(=O)NCC[C@@H]1CCc2cc(Br)c(OC)cc21. The van der Waals surface area contributed by atoms with E-state index in [1.54, 1.807) is 7.11 Å². The fourth-order valence-electron chi connectivity index (χ4n) is 2.66. The number of hydrogen-bond acceptors (Lipinski definition) is 2. The van der Waals surface area contributed by atoms with Crippen molar-refractivity contribution in [2.24, 2.45) is 0 Å². The summed E-state index contributed by atoms with van der Waals surface area (Å²) in [6.45, 7) is 6.64. The van der Waals surface area contributed by atoms with Crippen LogP contribution in [0.4, 0.5) is 0 Å². The molecule has 0 fully saturated rings. The van der Waals surface area contributed by atoms with Gasteiger partial charge in [0.25, 0.3) is 0 Å². The summed E-state index contributed by atoms with van der Waals surface area (Å²) in [5, 5.41) is 2.95. The van der Waals surface area contributed by atoms with Gasteiger partial charge in [0.05, 0.1) is 11.6 Å². The fraction of sp³-hybridized carbons (Fsp3) is 0.588. The molecule has 1 aliphatic rings. The molecule has 0 radical (unpaired) electrons. The molecule has 0 saturated heterocycles. The van der Waals surface area contributed by atoms with Crippen molar-refractivity contribution in [3.05, 3.63) is 27.7 Å². The maximum atomic E-state index is 11.2. The normalized spacial score (nSPS) is 15.8. The van der Waals surface area contributed by atoms with E-state index in [1.807, 2.05) is 20.8 Å². The number of halogens is 1. The highest BCUT2D eigenvalue weighted by atomic mass is 79.9. The van der Waals surface area contributed by atoms with Gasteiger partial charge in [0, 0.05) is 13.0 Å². The molecule has 0 aromatic heterocycles. The standard InChI is InChI=1S/C15H20BrNO2.C2H6/c1-3-15(18)17-7-6-10-4-5-11-8-13(16)14(19-2)9-12(10)11;1-2/h8-10H,3-7H2,1-2H3,(H,17,18);1-2H3/t10-;/m0./s1. The number of methoxy groups -OCH3 is 1. The Morgan fingerprint density at radius 1 is 1.43 bits per heavy atom. The number of ether oxygens (including phenoxy) is 1. The van der Waals surface area contributed by atoms with Gasteiger partial charge in [-0.15, -0.1) is 0 Å². The van der Waals surface area contributed by atoms with Crippen LogP contribution >= 0.6 is 15.9 Å². The summed E-state index contributed by atoms with van der Waals surface area (Å²) in [6.07, 6.45) is 3.84. The van der Waals surface area contributed by atoms with Crippen molar-refractivity contribution >= 4 is 21.8 Å². The number of benzene rings is 1. The predicted molar refractivity (Wildman–Crippen MR) is 91.0 cm³/mol. The fourth-order valence-corrected chi connectivity index (χ4v) is 3.21. The molecule has 4 heteroatoms. The third-order valence-electron chi connectivity index (χ3n) is 3.75. The molecule has 3 nitrogen and oxygen atoms in total. The van der Waals surface area contributed by atoms with Gasteiger partial charge in [0.15, 0.2) is 0 Å². The van der Waals surface area contributed by atoms with E-state index < -0.39 is 0 Å². The van der Waals surface area contributed by atoms with Gasteiger partial charge < -0.3 is 10.1 Å². The van der Waals surface area contributed by atoms with Gasteiger partial charge in [0.2, 0.25) is 5.91 Å². The number of amides is 1. The van der Waals surface area contributed by atoms with E-state index in [0.29, 0.717) is 12.3 Å². The van der Waals surface area contributed by atoms with Crippen LogP contribution < -0.4 is 10.1 Å². The highest BCUT2D eigenvalue weighted by Crippen LogP contribution is 2.40. The molecule has 0 saturated carbocycles. The van der Waals surface area contributed by atoms with Crippen LogP contribution in [-0.4, -0.2) is 19.6 Å². The van der Waals surface area contributed by atoms with Crippen LogP contribution in [0.15, 0.2) is 16.6 Å². The molecule has 118 valence electrons. The van der Waals surface area contributed by atoms with Crippen molar-refractivity contribution in [3.63, 3.8) is 0 Å². The minimum atomic E-state index is 0.131. The van der Waals surface area contributed by atoms with Crippen LogP contribution in [0, 0.1) is 0 Å². The molecule has 1 aromatic carbocycles. The van der Waals surface area contributed by atoms with Gasteiger partial charge in [-0.2, -0.15) is 0 Å². The molecule has 21 heavy (non-hydrogen) atoms. The van der Waals surface area contributed by atoms with Gasteiger partial charge >= 0.3 is 0 Å². The largest absolute Gasteiger partial charge is 0.496 e. The lowest BCUT2D eigenvalue weighted by molar-refractivity contribution is -0.120. The molecule has 0 spiro atoms. The molecule has 0 bridgehead atoms. The first-order valence-electron chi connectivity index (χ1n) is 7.78. The van der Waals surface area contributed by atoms with Crippen molar-refractivity contribution in [3.8, 4) is 5.75 Å². The van der Waals surface area contributed by atoms with Gasteiger partial charge in [-0.1, -0.05) is 20.8 Å². The lowest BCUT2D eigenvalue weighted by Crippen LogP contribution is -2.24. The predicted octanol–water partition coefficient (Wildman–Crippen LogP) is 4.43. The Kier molecular flexibility index (Phi) is 7.79. The highest BCUT2D eigenvalue weighted by molar-refractivity contribution is 9.10. The quantitative estimate of drug-likeness (QED) is 0.848.